The second kappa shape index (κ2) is 8.87. The highest BCUT2D eigenvalue weighted by Gasteiger charge is 2.30. The van der Waals surface area contributed by atoms with Crippen LogP contribution in [0.15, 0.2) is 48.5 Å². The van der Waals surface area contributed by atoms with E-state index in [4.69, 9.17) is 0 Å². The van der Waals surface area contributed by atoms with E-state index in [0.717, 1.165) is 24.1 Å². The van der Waals surface area contributed by atoms with Gasteiger partial charge in [-0.1, -0.05) is 30.3 Å². The van der Waals surface area contributed by atoms with Crippen LogP contribution in [-0.2, 0) is 11.3 Å². The zero-order valence-corrected chi connectivity index (χ0v) is 16.3. The Morgan fingerprint density at radius 3 is 2.75 bits per heavy atom. The lowest BCUT2D eigenvalue weighted by Crippen LogP contribution is -2.47. The van der Waals surface area contributed by atoms with Gasteiger partial charge in [0.25, 0.3) is 0 Å². The zero-order chi connectivity index (χ0) is 20.1. The topological polar surface area (TPSA) is 52.7 Å². The van der Waals surface area contributed by atoms with Crippen molar-refractivity contribution in [3.05, 3.63) is 65.5 Å². The molecule has 0 aliphatic carbocycles. The van der Waals surface area contributed by atoms with Gasteiger partial charge in [0, 0.05) is 37.9 Å². The fraction of sp³-hybridized carbons (Fsp3) is 0.364. The third-order valence-corrected chi connectivity index (χ3v) is 5.07. The monoisotopic (exact) mass is 383 g/mol. The molecule has 1 unspecified atom stereocenters. The second-order valence-electron chi connectivity index (χ2n) is 7.37. The first-order valence-electron chi connectivity index (χ1n) is 9.55. The molecule has 1 aliphatic rings. The van der Waals surface area contributed by atoms with Gasteiger partial charge in [0.1, 0.15) is 5.82 Å². The number of likely N-dealkylation sites (tertiary alicyclic amines) is 1. The molecular formula is C22H26FN3O2. The SMILES string of the molecule is Cc1cccc(NC(=O)N2CCCC(C(=O)N(C)Cc3ccccc3F)C2)c1. The van der Waals surface area contributed by atoms with Crippen LogP contribution < -0.4 is 5.32 Å². The van der Waals surface area contributed by atoms with Crippen molar-refractivity contribution in [3.63, 3.8) is 0 Å². The number of urea groups is 1. The maximum atomic E-state index is 13.9. The van der Waals surface area contributed by atoms with Crippen LogP contribution in [0.5, 0.6) is 0 Å². The summed E-state index contributed by atoms with van der Waals surface area (Å²) in [5.41, 5.74) is 2.30. The van der Waals surface area contributed by atoms with Crippen molar-refractivity contribution in [2.75, 3.05) is 25.5 Å². The number of carbonyl (C=O) groups is 2. The van der Waals surface area contributed by atoms with Gasteiger partial charge in [0.2, 0.25) is 5.91 Å². The van der Waals surface area contributed by atoms with Gasteiger partial charge in [0.15, 0.2) is 0 Å². The molecule has 1 aliphatic heterocycles. The summed E-state index contributed by atoms with van der Waals surface area (Å²) in [5, 5.41) is 2.90. The minimum absolute atomic E-state index is 0.0590. The van der Waals surface area contributed by atoms with Crippen molar-refractivity contribution in [3.8, 4) is 0 Å². The van der Waals surface area contributed by atoms with Gasteiger partial charge in [-0.25, -0.2) is 9.18 Å². The molecule has 1 saturated heterocycles. The predicted octanol–water partition coefficient (Wildman–Crippen LogP) is 4.04. The van der Waals surface area contributed by atoms with Crippen molar-refractivity contribution in [1.82, 2.24) is 9.80 Å². The molecule has 1 fully saturated rings. The fourth-order valence-corrected chi connectivity index (χ4v) is 3.56. The Morgan fingerprint density at radius 1 is 1.21 bits per heavy atom. The third-order valence-electron chi connectivity index (χ3n) is 5.07. The molecule has 0 bridgehead atoms. The van der Waals surface area contributed by atoms with Crippen molar-refractivity contribution in [1.29, 1.82) is 0 Å². The van der Waals surface area contributed by atoms with Gasteiger partial charge in [0.05, 0.1) is 5.92 Å². The van der Waals surface area contributed by atoms with Gasteiger partial charge in [-0.05, 0) is 43.5 Å². The van der Waals surface area contributed by atoms with Crippen LogP contribution in [0.1, 0.15) is 24.0 Å². The Bertz CT molecular complexity index is 855. The third kappa shape index (κ3) is 4.88. The number of hydrogen-bond acceptors (Lipinski definition) is 2. The normalized spacial score (nSPS) is 16.5. The summed E-state index contributed by atoms with van der Waals surface area (Å²) in [6.07, 6.45) is 1.50. The predicted molar refractivity (Wildman–Crippen MR) is 107 cm³/mol. The van der Waals surface area contributed by atoms with E-state index in [9.17, 15) is 14.0 Å². The van der Waals surface area contributed by atoms with Gasteiger partial charge in [-0.3, -0.25) is 4.79 Å². The van der Waals surface area contributed by atoms with Gasteiger partial charge < -0.3 is 15.1 Å². The number of nitrogens with zero attached hydrogens (tertiary/aromatic N) is 2. The lowest BCUT2D eigenvalue weighted by Gasteiger charge is -2.34. The number of amides is 3. The summed E-state index contributed by atoms with van der Waals surface area (Å²) in [4.78, 5) is 28.7. The molecule has 6 heteroatoms. The van der Waals surface area contributed by atoms with E-state index in [1.54, 1.807) is 35.0 Å². The van der Waals surface area contributed by atoms with Crippen LogP contribution in [0, 0.1) is 18.7 Å². The lowest BCUT2D eigenvalue weighted by atomic mass is 9.96. The van der Waals surface area contributed by atoms with E-state index in [1.165, 1.54) is 6.07 Å². The molecule has 1 heterocycles. The standard InChI is InChI=1S/C22H26FN3O2/c1-16-7-5-10-19(13-16)24-22(28)26-12-6-9-18(15-26)21(27)25(2)14-17-8-3-4-11-20(17)23/h3-5,7-8,10-11,13,18H,6,9,12,14-15H2,1-2H3,(H,24,28). The van der Waals surface area contributed by atoms with Crippen LogP contribution in [0.3, 0.4) is 0 Å². The molecule has 0 aromatic heterocycles. The number of halogens is 1. The fourth-order valence-electron chi connectivity index (χ4n) is 3.56. The lowest BCUT2D eigenvalue weighted by molar-refractivity contribution is -0.136. The minimum atomic E-state index is -0.315. The first kappa shape index (κ1) is 19.9. The second-order valence-corrected chi connectivity index (χ2v) is 7.37. The first-order chi connectivity index (χ1) is 13.4. The molecule has 2 aromatic carbocycles. The van der Waals surface area contributed by atoms with Crippen LogP contribution in [0.25, 0.3) is 0 Å². The average molecular weight is 383 g/mol. The summed E-state index contributed by atoms with van der Waals surface area (Å²) >= 11 is 0. The highest BCUT2D eigenvalue weighted by molar-refractivity contribution is 5.90. The van der Waals surface area contributed by atoms with E-state index in [1.807, 2.05) is 31.2 Å². The van der Waals surface area contributed by atoms with Crippen molar-refractivity contribution in [2.24, 2.45) is 5.92 Å². The molecule has 2 aromatic rings. The Kier molecular flexibility index (Phi) is 6.29. The smallest absolute Gasteiger partial charge is 0.321 e. The molecule has 5 nitrogen and oxygen atoms in total. The Balaban J connectivity index is 1.59. The molecular weight excluding hydrogens is 357 g/mol. The number of benzene rings is 2. The van der Waals surface area contributed by atoms with Crippen molar-refractivity contribution >= 4 is 17.6 Å². The van der Waals surface area contributed by atoms with Crippen LogP contribution in [0.2, 0.25) is 0 Å². The van der Waals surface area contributed by atoms with Crippen molar-refractivity contribution < 1.29 is 14.0 Å². The highest BCUT2D eigenvalue weighted by Crippen LogP contribution is 2.21. The summed E-state index contributed by atoms with van der Waals surface area (Å²) in [7, 11) is 1.68. The molecule has 0 radical (unpaired) electrons. The Morgan fingerprint density at radius 2 is 2.00 bits per heavy atom. The summed E-state index contributed by atoms with van der Waals surface area (Å²) < 4.78 is 13.9. The van der Waals surface area contributed by atoms with E-state index in [-0.39, 0.29) is 30.2 Å². The maximum absolute atomic E-state index is 13.9. The number of nitrogens with one attached hydrogen (secondary N) is 1. The van der Waals surface area contributed by atoms with E-state index in [0.29, 0.717) is 18.7 Å². The van der Waals surface area contributed by atoms with E-state index in [2.05, 4.69) is 5.32 Å². The van der Waals surface area contributed by atoms with Crippen LogP contribution in [-0.4, -0.2) is 41.9 Å². The van der Waals surface area contributed by atoms with Crippen LogP contribution in [0.4, 0.5) is 14.9 Å². The molecule has 0 saturated carbocycles. The molecule has 1 atom stereocenters. The van der Waals surface area contributed by atoms with Crippen LogP contribution >= 0.6 is 0 Å². The molecule has 1 N–H and O–H groups in total. The Hall–Kier alpha value is -2.89. The zero-order valence-electron chi connectivity index (χ0n) is 16.3. The largest absolute Gasteiger partial charge is 0.341 e. The van der Waals surface area contributed by atoms with Gasteiger partial charge in [-0.15, -0.1) is 0 Å². The summed E-state index contributed by atoms with van der Waals surface area (Å²) in [5.74, 6) is -0.643. The highest BCUT2D eigenvalue weighted by atomic mass is 19.1. The molecule has 148 valence electrons. The quantitative estimate of drug-likeness (QED) is 0.866. The van der Waals surface area contributed by atoms with Crippen molar-refractivity contribution in [2.45, 2.75) is 26.3 Å². The molecule has 3 rings (SSSR count). The number of rotatable bonds is 4. The van der Waals surface area contributed by atoms with Gasteiger partial charge in [-0.2, -0.15) is 0 Å². The van der Waals surface area contributed by atoms with E-state index >= 15 is 0 Å². The number of aryl methyl sites for hydroxylation is 1. The number of piperidine rings is 1. The Labute approximate surface area is 165 Å². The number of hydrogen-bond donors (Lipinski definition) is 1. The summed E-state index contributed by atoms with van der Waals surface area (Å²) in [6.45, 7) is 3.19. The molecule has 0 spiro atoms. The van der Waals surface area contributed by atoms with Gasteiger partial charge >= 0.3 is 6.03 Å². The molecule has 3 amide bonds. The maximum Gasteiger partial charge on any atom is 0.321 e. The number of anilines is 1. The first-order valence-corrected chi connectivity index (χ1v) is 9.55. The number of carbonyl (C=O) groups excluding carboxylic acids is 2. The average Bonchev–Trinajstić information content (AvgIpc) is 2.69. The van der Waals surface area contributed by atoms with E-state index < -0.39 is 0 Å². The molecule has 28 heavy (non-hydrogen) atoms. The summed E-state index contributed by atoms with van der Waals surface area (Å²) in [6, 6.07) is 13.9. The minimum Gasteiger partial charge on any atom is -0.341 e.